The van der Waals surface area contributed by atoms with Crippen LogP contribution < -0.4 is 19.5 Å². The minimum Gasteiger partial charge on any atom is -0.493 e. The Morgan fingerprint density at radius 3 is 2.42 bits per heavy atom. The average Bonchev–Trinajstić information content (AvgIpc) is 2.64. The number of amides is 1. The van der Waals surface area contributed by atoms with Gasteiger partial charge in [0, 0.05) is 6.54 Å². The maximum absolute atomic E-state index is 11.8. The summed E-state index contributed by atoms with van der Waals surface area (Å²) in [5.74, 6) is 1.54. The van der Waals surface area contributed by atoms with Crippen LogP contribution in [0.15, 0.2) is 42.5 Å². The van der Waals surface area contributed by atoms with Crippen molar-refractivity contribution < 1.29 is 19.0 Å². The van der Waals surface area contributed by atoms with Crippen molar-refractivity contribution in [2.24, 2.45) is 0 Å². The lowest BCUT2D eigenvalue weighted by molar-refractivity contribution is -0.123. The monoisotopic (exact) mass is 326 g/mol. The Morgan fingerprint density at radius 2 is 1.79 bits per heavy atom. The van der Waals surface area contributed by atoms with Crippen LogP contribution in [0.4, 0.5) is 0 Å². The summed E-state index contributed by atoms with van der Waals surface area (Å²) in [7, 11) is 3.13. The summed E-state index contributed by atoms with van der Waals surface area (Å²) >= 11 is 0. The van der Waals surface area contributed by atoms with E-state index < -0.39 is 0 Å². The van der Waals surface area contributed by atoms with Crippen LogP contribution in [-0.4, -0.2) is 26.7 Å². The molecular formula is C18H18N2O4. The van der Waals surface area contributed by atoms with E-state index in [0.29, 0.717) is 29.4 Å². The third kappa shape index (κ3) is 4.65. The number of hydrogen-bond donors (Lipinski definition) is 1. The van der Waals surface area contributed by atoms with E-state index >= 15 is 0 Å². The minimum atomic E-state index is -0.242. The average molecular weight is 326 g/mol. The first-order chi connectivity index (χ1) is 11.7. The summed E-state index contributed by atoms with van der Waals surface area (Å²) in [4.78, 5) is 11.8. The van der Waals surface area contributed by atoms with Crippen molar-refractivity contribution in [3.63, 3.8) is 0 Å². The van der Waals surface area contributed by atoms with Gasteiger partial charge in [-0.25, -0.2) is 0 Å². The molecule has 6 nitrogen and oxygen atoms in total. The van der Waals surface area contributed by atoms with E-state index in [0.717, 1.165) is 5.56 Å². The van der Waals surface area contributed by atoms with E-state index in [1.54, 1.807) is 50.6 Å². The molecule has 1 amide bonds. The zero-order valence-corrected chi connectivity index (χ0v) is 13.5. The van der Waals surface area contributed by atoms with E-state index in [-0.39, 0.29) is 12.5 Å². The Kier molecular flexibility index (Phi) is 6.03. The number of methoxy groups -OCH3 is 2. The van der Waals surface area contributed by atoms with Crippen molar-refractivity contribution in [3.05, 3.63) is 53.6 Å². The molecule has 2 aromatic rings. The van der Waals surface area contributed by atoms with Crippen molar-refractivity contribution in [1.82, 2.24) is 5.32 Å². The first kappa shape index (κ1) is 17.2. The van der Waals surface area contributed by atoms with Gasteiger partial charge < -0.3 is 19.5 Å². The molecule has 0 atom stereocenters. The largest absolute Gasteiger partial charge is 0.493 e. The van der Waals surface area contributed by atoms with E-state index in [1.165, 1.54) is 0 Å². The van der Waals surface area contributed by atoms with Crippen molar-refractivity contribution in [1.29, 1.82) is 5.26 Å². The van der Waals surface area contributed by atoms with Crippen LogP contribution in [0.5, 0.6) is 17.2 Å². The fourth-order valence-electron chi connectivity index (χ4n) is 2.02. The number of nitriles is 1. The number of carbonyl (C=O) groups excluding carboxylic acids is 1. The van der Waals surface area contributed by atoms with Gasteiger partial charge in [0.1, 0.15) is 5.75 Å². The highest BCUT2D eigenvalue weighted by molar-refractivity contribution is 5.77. The molecule has 2 aromatic carbocycles. The van der Waals surface area contributed by atoms with Crippen LogP contribution in [0.25, 0.3) is 0 Å². The number of carbonyl (C=O) groups is 1. The third-order valence-electron chi connectivity index (χ3n) is 3.29. The van der Waals surface area contributed by atoms with Gasteiger partial charge in [0.2, 0.25) is 0 Å². The van der Waals surface area contributed by atoms with Crippen molar-refractivity contribution >= 4 is 5.91 Å². The highest BCUT2D eigenvalue weighted by atomic mass is 16.5. The molecule has 124 valence electrons. The van der Waals surface area contributed by atoms with Crippen LogP contribution >= 0.6 is 0 Å². The second-order valence-electron chi connectivity index (χ2n) is 4.89. The minimum absolute atomic E-state index is 0.0980. The second kappa shape index (κ2) is 8.44. The van der Waals surface area contributed by atoms with Crippen LogP contribution in [0.3, 0.4) is 0 Å². The summed E-state index contributed by atoms with van der Waals surface area (Å²) in [6.45, 7) is 0.259. The lowest BCUT2D eigenvalue weighted by Gasteiger charge is -2.11. The predicted octanol–water partition coefficient (Wildman–Crippen LogP) is 2.27. The smallest absolute Gasteiger partial charge is 0.258 e. The fourth-order valence-corrected chi connectivity index (χ4v) is 2.02. The van der Waals surface area contributed by atoms with Gasteiger partial charge in [0.05, 0.1) is 25.9 Å². The second-order valence-corrected chi connectivity index (χ2v) is 4.89. The lowest BCUT2D eigenvalue weighted by atomic mass is 10.2. The Hall–Kier alpha value is -3.20. The highest BCUT2D eigenvalue weighted by Gasteiger charge is 2.07. The van der Waals surface area contributed by atoms with Gasteiger partial charge >= 0.3 is 0 Å². The number of nitrogens with zero attached hydrogens (tertiary/aromatic N) is 1. The summed E-state index contributed by atoms with van der Waals surface area (Å²) < 4.78 is 15.8. The molecule has 6 heteroatoms. The first-order valence-corrected chi connectivity index (χ1v) is 7.27. The SMILES string of the molecule is COc1ccc(CNC(=O)COc2ccc(C#N)cc2)cc1OC. The van der Waals surface area contributed by atoms with E-state index in [4.69, 9.17) is 19.5 Å². The third-order valence-corrected chi connectivity index (χ3v) is 3.29. The lowest BCUT2D eigenvalue weighted by Crippen LogP contribution is -2.28. The molecule has 0 heterocycles. The van der Waals surface area contributed by atoms with Crippen molar-refractivity contribution in [3.8, 4) is 23.3 Å². The van der Waals surface area contributed by atoms with Crippen LogP contribution in [0.1, 0.15) is 11.1 Å². The first-order valence-electron chi connectivity index (χ1n) is 7.27. The van der Waals surface area contributed by atoms with Crippen LogP contribution in [0.2, 0.25) is 0 Å². The molecule has 0 bridgehead atoms. The normalized spacial score (nSPS) is 9.71. The molecule has 0 fully saturated rings. The van der Waals surface area contributed by atoms with Crippen LogP contribution in [0, 0.1) is 11.3 Å². The van der Waals surface area contributed by atoms with Gasteiger partial charge in [-0.1, -0.05) is 6.07 Å². The van der Waals surface area contributed by atoms with Gasteiger partial charge in [-0.15, -0.1) is 0 Å². The zero-order valence-electron chi connectivity index (χ0n) is 13.5. The maximum atomic E-state index is 11.8. The molecule has 0 saturated carbocycles. The van der Waals surface area contributed by atoms with E-state index in [1.807, 2.05) is 12.1 Å². The Bertz CT molecular complexity index is 736. The van der Waals surface area contributed by atoms with E-state index in [2.05, 4.69) is 5.32 Å². The molecule has 0 saturated heterocycles. The van der Waals surface area contributed by atoms with Gasteiger partial charge in [0.25, 0.3) is 5.91 Å². The molecular weight excluding hydrogens is 308 g/mol. The molecule has 2 rings (SSSR count). The Labute approximate surface area is 140 Å². The van der Waals surface area contributed by atoms with Crippen molar-refractivity contribution in [2.45, 2.75) is 6.54 Å². The van der Waals surface area contributed by atoms with E-state index in [9.17, 15) is 4.79 Å². The molecule has 0 aliphatic carbocycles. The van der Waals surface area contributed by atoms with Gasteiger partial charge in [0.15, 0.2) is 18.1 Å². The number of hydrogen-bond acceptors (Lipinski definition) is 5. The standard InChI is InChI=1S/C18H18N2O4/c1-22-16-8-5-14(9-17(16)23-2)11-20-18(21)12-24-15-6-3-13(10-19)4-7-15/h3-9H,11-12H2,1-2H3,(H,20,21). The van der Waals surface area contributed by atoms with Crippen molar-refractivity contribution in [2.75, 3.05) is 20.8 Å². The summed E-state index contributed by atoms with van der Waals surface area (Å²) in [6, 6.07) is 14.0. The molecule has 24 heavy (non-hydrogen) atoms. The van der Waals surface area contributed by atoms with Gasteiger partial charge in [-0.2, -0.15) is 5.26 Å². The fraction of sp³-hybridized carbons (Fsp3) is 0.222. The molecule has 0 unspecified atom stereocenters. The highest BCUT2D eigenvalue weighted by Crippen LogP contribution is 2.27. The number of rotatable bonds is 7. The predicted molar refractivity (Wildman–Crippen MR) is 88.0 cm³/mol. The molecule has 0 spiro atoms. The number of nitrogens with one attached hydrogen (secondary N) is 1. The quantitative estimate of drug-likeness (QED) is 0.844. The summed E-state index contributed by atoms with van der Waals surface area (Å²) in [5, 5.41) is 11.5. The van der Waals surface area contributed by atoms with Crippen LogP contribution in [-0.2, 0) is 11.3 Å². The molecule has 0 aromatic heterocycles. The molecule has 0 aliphatic heterocycles. The van der Waals surface area contributed by atoms with Gasteiger partial charge in [-0.3, -0.25) is 4.79 Å². The Balaban J connectivity index is 1.83. The number of ether oxygens (including phenoxy) is 3. The zero-order chi connectivity index (χ0) is 17.4. The molecule has 1 N–H and O–H groups in total. The topological polar surface area (TPSA) is 80.6 Å². The Morgan fingerprint density at radius 1 is 1.08 bits per heavy atom. The number of benzene rings is 2. The maximum Gasteiger partial charge on any atom is 0.258 e. The van der Waals surface area contributed by atoms with Gasteiger partial charge in [-0.05, 0) is 42.0 Å². The summed E-state index contributed by atoms with van der Waals surface area (Å²) in [6.07, 6.45) is 0. The summed E-state index contributed by atoms with van der Waals surface area (Å²) in [5.41, 5.74) is 1.43. The molecule has 0 aliphatic rings. The molecule has 0 radical (unpaired) electrons.